The molecule has 1 aromatic rings. The number of carbonyl (C=O) groups is 4. The van der Waals surface area contributed by atoms with E-state index in [-0.39, 0.29) is 13.2 Å². The van der Waals surface area contributed by atoms with Crippen molar-refractivity contribution in [3.05, 3.63) is 35.9 Å². The van der Waals surface area contributed by atoms with Crippen LogP contribution in [0.25, 0.3) is 0 Å². The van der Waals surface area contributed by atoms with Gasteiger partial charge in [-0.25, -0.2) is 19.3 Å². The Bertz CT molecular complexity index is 630. The maximum absolute atomic E-state index is 12.2. The maximum Gasteiger partial charge on any atom is 0.419 e. The van der Waals surface area contributed by atoms with Crippen molar-refractivity contribution in [1.29, 1.82) is 0 Å². The SMILES string of the molecule is COC(=O)[C@@H]1CN(C(C)=O)C(=O)N1C(=O)OCc1ccccc1. The molecule has 0 saturated carbocycles. The number of carbonyl (C=O) groups excluding carboxylic acids is 4. The standard InChI is InChI=1S/C15H16N2O6/c1-10(18)16-8-12(13(19)22-2)17(14(16)20)15(21)23-9-11-6-4-3-5-7-11/h3-7,12H,8-9H2,1-2H3/t12-/m0/s1. The third-order valence-electron chi connectivity index (χ3n) is 3.36. The van der Waals surface area contributed by atoms with Gasteiger partial charge in [0.05, 0.1) is 13.7 Å². The molecule has 1 fully saturated rings. The van der Waals surface area contributed by atoms with Crippen molar-refractivity contribution in [2.75, 3.05) is 13.7 Å². The zero-order chi connectivity index (χ0) is 17.0. The molecule has 122 valence electrons. The Kier molecular flexibility index (Phi) is 4.95. The van der Waals surface area contributed by atoms with Gasteiger partial charge in [0.25, 0.3) is 0 Å². The van der Waals surface area contributed by atoms with Crippen LogP contribution in [0.15, 0.2) is 30.3 Å². The van der Waals surface area contributed by atoms with Crippen LogP contribution in [0.4, 0.5) is 9.59 Å². The second-order valence-corrected chi connectivity index (χ2v) is 4.86. The molecule has 1 aliphatic rings. The number of hydrogen-bond donors (Lipinski definition) is 0. The fraction of sp³-hybridized carbons (Fsp3) is 0.333. The van der Waals surface area contributed by atoms with Crippen LogP contribution in [0.2, 0.25) is 0 Å². The van der Waals surface area contributed by atoms with Gasteiger partial charge in [-0.15, -0.1) is 0 Å². The number of methoxy groups -OCH3 is 1. The molecular weight excluding hydrogens is 304 g/mol. The molecule has 0 aliphatic carbocycles. The average molecular weight is 320 g/mol. The first-order valence-corrected chi connectivity index (χ1v) is 6.85. The average Bonchev–Trinajstić information content (AvgIpc) is 2.90. The molecule has 0 N–H and O–H groups in total. The van der Waals surface area contributed by atoms with E-state index in [4.69, 9.17) is 4.74 Å². The number of urea groups is 1. The molecule has 8 nitrogen and oxygen atoms in total. The van der Waals surface area contributed by atoms with Crippen LogP contribution in [0.5, 0.6) is 0 Å². The summed E-state index contributed by atoms with van der Waals surface area (Å²) in [5.74, 6) is -1.36. The highest BCUT2D eigenvalue weighted by Crippen LogP contribution is 2.19. The van der Waals surface area contributed by atoms with Gasteiger partial charge in [-0.1, -0.05) is 30.3 Å². The molecule has 4 amide bonds. The van der Waals surface area contributed by atoms with Gasteiger partial charge >= 0.3 is 18.1 Å². The molecule has 1 heterocycles. The van der Waals surface area contributed by atoms with Crippen LogP contribution < -0.4 is 0 Å². The summed E-state index contributed by atoms with van der Waals surface area (Å²) in [6.07, 6.45) is -1.00. The van der Waals surface area contributed by atoms with E-state index in [1.807, 2.05) is 6.07 Å². The highest BCUT2D eigenvalue weighted by Gasteiger charge is 2.48. The first-order chi connectivity index (χ1) is 11.0. The van der Waals surface area contributed by atoms with E-state index in [9.17, 15) is 19.2 Å². The van der Waals surface area contributed by atoms with Crippen molar-refractivity contribution in [1.82, 2.24) is 9.80 Å². The number of ether oxygens (including phenoxy) is 2. The minimum absolute atomic E-state index is 0.0581. The van der Waals surface area contributed by atoms with E-state index in [1.54, 1.807) is 24.3 Å². The normalized spacial score (nSPS) is 17.1. The van der Waals surface area contributed by atoms with Crippen LogP contribution in [0.1, 0.15) is 12.5 Å². The molecule has 1 aromatic carbocycles. The smallest absolute Gasteiger partial charge is 0.419 e. The molecule has 0 spiro atoms. The van der Waals surface area contributed by atoms with Gasteiger partial charge < -0.3 is 9.47 Å². The van der Waals surface area contributed by atoms with Crippen LogP contribution in [-0.2, 0) is 25.7 Å². The van der Waals surface area contributed by atoms with Crippen LogP contribution in [-0.4, -0.2) is 53.5 Å². The van der Waals surface area contributed by atoms with Gasteiger partial charge in [-0.3, -0.25) is 9.69 Å². The quantitative estimate of drug-likeness (QED) is 0.776. The van der Waals surface area contributed by atoms with E-state index < -0.39 is 30.0 Å². The number of hydrogen-bond acceptors (Lipinski definition) is 6. The first kappa shape index (κ1) is 16.5. The summed E-state index contributed by atoms with van der Waals surface area (Å²) < 4.78 is 9.63. The fourth-order valence-electron chi connectivity index (χ4n) is 2.17. The van der Waals surface area contributed by atoms with E-state index in [0.29, 0.717) is 4.90 Å². The number of nitrogens with zero attached hydrogens (tertiary/aromatic N) is 2. The Balaban J connectivity index is 2.12. The minimum Gasteiger partial charge on any atom is -0.467 e. The lowest BCUT2D eigenvalue weighted by Gasteiger charge is -2.18. The van der Waals surface area contributed by atoms with E-state index in [0.717, 1.165) is 17.6 Å². The molecule has 1 atom stereocenters. The molecule has 0 bridgehead atoms. The highest BCUT2D eigenvalue weighted by molar-refractivity contribution is 6.05. The molecule has 2 rings (SSSR count). The zero-order valence-electron chi connectivity index (χ0n) is 12.7. The summed E-state index contributed by atoms with van der Waals surface area (Å²) in [5, 5.41) is 0. The molecule has 1 saturated heterocycles. The maximum atomic E-state index is 12.2. The Labute approximate surface area is 132 Å². The number of imide groups is 2. The number of benzene rings is 1. The van der Waals surface area contributed by atoms with Gasteiger partial charge in [0.2, 0.25) is 5.91 Å². The highest BCUT2D eigenvalue weighted by atomic mass is 16.6. The third-order valence-corrected chi connectivity index (χ3v) is 3.36. The fourth-order valence-corrected chi connectivity index (χ4v) is 2.17. The van der Waals surface area contributed by atoms with Crippen LogP contribution >= 0.6 is 0 Å². The first-order valence-electron chi connectivity index (χ1n) is 6.85. The Morgan fingerprint density at radius 2 is 1.87 bits per heavy atom. The Hall–Kier alpha value is -2.90. The van der Waals surface area contributed by atoms with Gasteiger partial charge in [0, 0.05) is 6.92 Å². The van der Waals surface area contributed by atoms with Crippen molar-refractivity contribution >= 4 is 24.0 Å². The lowest BCUT2D eigenvalue weighted by atomic mass is 10.2. The van der Waals surface area contributed by atoms with Crippen molar-refractivity contribution in [3.8, 4) is 0 Å². The van der Waals surface area contributed by atoms with Crippen molar-refractivity contribution in [2.45, 2.75) is 19.6 Å². The lowest BCUT2D eigenvalue weighted by molar-refractivity contribution is -0.144. The van der Waals surface area contributed by atoms with Crippen molar-refractivity contribution in [2.24, 2.45) is 0 Å². The monoisotopic (exact) mass is 320 g/mol. The molecule has 0 radical (unpaired) electrons. The summed E-state index contributed by atoms with van der Waals surface area (Å²) in [5.41, 5.74) is 0.727. The summed E-state index contributed by atoms with van der Waals surface area (Å²) >= 11 is 0. The van der Waals surface area contributed by atoms with Crippen LogP contribution in [0.3, 0.4) is 0 Å². The lowest BCUT2D eigenvalue weighted by Crippen LogP contribution is -2.44. The van der Waals surface area contributed by atoms with E-state index in [1.165, 1.54) is 6.92 Å². The number of amides is 4. The summed E-state index contributed by atoms with van der Waals surface area (Å²) in [4.78, 5) is 48.9. The minimum atomic E-state index is -1.21. The summed E-state index contributed by atoms with van der Waals surface area (Å²) in [7, 11) is 1.14. The van der Waals surface area contributed by atoms with Crippen LogP contribution in [0, 0.1) is 0 Å². The zero-order valence-corrected chi connectivity index (χ0v) is 12.7. The molecule has 0 unspecified atom stereocenters. The number of esters is 1. The molecular formula is C15H16N2O6. The molecule has 0 aromatic heterocycles. The topological polar surface area (TPSA) is 93.2 Å². The largest absolute Gasteiger partial charge is 0.467 e. The van der Waals surface area contributed by atoms with E-state index in [2.05, 4.69) is 4.74 Å². The van der Waals surface area contributed by atoms with Crippen molar-refractivity contribution in [3.63, 3.8) is 0 Å². The number of rotatable bonds is 3. The predicted octanol–water partition coefficient (Wildman–Crippen LogP) is 1.15. The third kappa shape index (κ3) is 3.47. The summed E-state index contributed by atoms with van der Waals surface area (Å²) in [6.45, 7) is 0.865. The molecule has 23 heavy (non-hydrogen) atoms. The van der Waals surface area contributed by atoms with Gasteiger partial charge in [-0.2, -0.15) is 0 Å². The predicted molar refractivity (Wildman–Crippen MR) is 77.1 cm³/mol. The summed E-state index contributed by atoms with van der Waals surface area (Å²) in [6, 6.07) is 6.76. The van der Waals surface area contributed by atoms with Crippen molar-refractivity contribution < 1.29 is 28.7 Å². The second kappa shape index (κ2) is 6.91. The Morgan fingerprint density at radius 1 is 1.22 bits per heavy atom. The van der Waals surface area contributed by atoms with Gasteiger partial charge in [0.1, 0.15) is 6.61 Å². The Morgan fingerprint density at radius 3 is 2.43 bits per heavy atom. The van der Waals surface area contributed by atoms with Gasteiger partial charge in [-0.05, 0) is 5.56 Å². The molecule has 1 aliphatic heterocycles. The van der Waals surface area contributed by atoms with E-state index >= 15 is 0 Å². The second-order valence-electron chi connectivity index (χ2n) is 4.86. The molecule has 8 heteroatoms. The van der Waals surface area contributed by atoms with Gasteiger partial charge in [0.15, 0.2) is 6.04 Å².